The normalized spacial score (nSPS) is 12.4. The summed E-state index contributed by atoms with van der Waals surface area (Å²) in [4.78, 5) is 10.7. The van der Waals surface area contributed by atoms with Gasteiger partial charge in [0.1, 0.15) is 5.82 Å². The third-order valence-corrected chi connectivity index (χ3v) is 4.38. The van der Waals surface area contributed by atoms with E-state index in [1.165, 1.54) is 26.0 Å². The Kier molecular flexibility index (Phi) is 4.85. The predicted octanol–water partition coefficient (Wildman–Crippen LogP) is 0.217. The van der Waals surface area contributed by atoms with Crippen molar-refractivity contribution in [3.8, 4) is 0 Å². The van der Waals surface area contributed by atoms with Crippen molar-refractivity contribution >= 4 is 15.9 Å². The molecule has 0 aromatic heterocycles. The Balaban J connectivity index is 3.18. The van der Waals surface area contributed by atoms with Gasteiger partial charge in [0, 0.05) is 24.1 Å². The molecule has 8 heteroatoms. The summed E-state index contributed by atoms with van der Waals surface area (Å²) in [6.07, 6.45) is -0.181. The number of amides is 1. The van der Waals surface area contributed by atoms with Gasteiger partial charge in [-0.2, -0.15) is 0 Å². The van der Waals surface area contributed by atoms with Crippen molar-refractivity contribution < 1.29 is 17.6 Å². The SMILES string of the molecule is CC(C)(CC(N)=O)NS(=O)(=O)c1cccc(F)c1CN. The second kappa shape index (κ2) is 5.86. The molecule has 1 amide bonds. The molecular weight excluding hydrogens is 285 g/mol. The topological polar surface area (TPSA) is 115 Å². The number of carbonyl (C=O) groups is 1. The Bertz CT molecular complexity index is 614. The molecule has 0 aliphatic heterocycles. The summed E-state index contributed by atoms with van der Waals surface area (Å²) >= 11 is 0. The lowest BCUT2D eigenvalue weighted by Crippen LogP contribution is -2.46. The molecule has 0 aliphatic rings. The van der Waals surface area contributed by atoms with Crippen molar-refractivity contribution in [3.05, 3.63) is 29.6 Å². The van der Waals surface area contributed by atoms with E-state index < -0.39 is 27.3 Å². The van der Waals surface area contributed by atoms with Crippen LogP contribution in [0.4, 0.5) is 4.39 Å². The zero-order valence-corrected chi connectivity index (χ0v) is 12.1. The van der Waals surface area contributed by atoms with Crippen LogP contribution in [-0.4, -0.2) is 19.9 Å². The first kappa shape index (κ1) is 16.5. The van der Waals surface area contributed by atoms with E-state index in [0.29, 0.717) is 0 Å². The number of hydrogen-bond donors (Lipinski definition) is 3. The smallest absolute Gasteiger partial charge is 0.241 e. The van der Waals surface area contributed by atoms with Gasteiger partial charge >= 0.3 is 0 Å². The monoisotopic (exact) mass is 303 g/mol. The number of sulfonamides is 1. The Morgan fingerprint density at radius 1 is 1.40 bits per heavy atom. The summed E-state index contributed by atoms with van der Waals surface area (Å²) in [5, 5.41) is 0. The molecule has 0 aliphatic carbocycles. The summed E-state index contributed by atoms with van der Waals surface area (Å²) in [6.45, 7) is 2.77. The number of benzene rings is 1. The van der Waals surface area contributed by atoms with Gasteiger partial charge in [-0.1, -0.05) is 6.07 Å². The van der Waals surface area contributed by atoms with Crippen LogP contribution in [0, 0.1) is 5.82 Å². The van der Waals surface area contributed by atoms with Crippen molar-refractivity contribution in [2.75, 3.05) is 0 Å². The van der Waals surface area contributed by atoms with Crippen LogP contribution in [0.2, 0.25) is 0 Å². The zero-order chi connectivity index (χ0) is 15.6. The second-order valence-corrected chi connectivity index (χ2v) is 6.70. The average molecular weight is 303 g/mol. The molecule has 1 rings (SSSR count). The molecule has 112 valence electrons. The minimum absolute atomic E-state index is 0.102. The number of primary amides is 1. The maximum Gasteiger partial charge on any atom is 0.241 e. The van der Waals surface area contributed by atoms with Gasteiger partial charge in [-0.15, -0.1) is 0 Å². The minimum Gasteiger partial charge on any atom is -0.370 e. The average Bonchev–Trinajstić information content (AvgIpc) is 2.25. The van der Waals surface area contributed by atoms with Gasteiger partial charge < -0.3 is 11.5 Å². The van der Waals surface area contributed by atoms with Crippen LogP contribution in [0.15, 0.2) is 23.1 Å². The maximum atomic E-state index is 13.6. The molecule has 0 atom stereocenters. The fourth-order valence-electron chi connectivity index (χ4n) is 1.88. The number of halogens is 1. The van der Waals surface area contributed by atoms with Gasteiger partial charge in [-0.3, -0.25) is 4.79 Å². The van der Waals surface area contributed by atoms with E-state index in [1.54, 1.807) is 0 Å². The molecule has 0 heterocycles. The lowest BCUT2D eigenvalue weighted by atomic mass is 10.0. The highest BCUT2D eigenvalue weighted by atomic mass is 32.2. The van der Waals surface area contributed by atoms with Crippen LogP contribution in [0.3, 0.4) is 0 Å². The number of hydrogen-bond acceptors (Lipinski definition) is 4. The standard InChI is InChI=1S/C12H18FN3O3S/c1-12(2,6-11(15)17)16-20(18,19)10-5-3-4-9(13)8(10)7-14/h3-5,16H,6-7,14H2,1-2H3,(H2,15,17). The fraction of sp³-hybridized carbons (Fsp3) is 0.417. The largest absolute Gasteiger partial charge is 0.370 e. The van der Waals surface area contributed by atoms with Crippen molar-refractivity contribution in [1.82, 2.24) is 4.72 Å². The number of nitrogens with one attached hydrogen (secondary N) is 1. The van der Waals surface area contributed by atoms with E-state index in [4.69, 9.17) is 11.5 Å². The molecule has 0 fully saturated rings. The highest BCUT2D eigenvalue weighted by molar-refractivity contribution is 7.89. The van der Waals surface area contributed by atoms with Crippen molar-refractivity contribution in [1.29, 1.82) is 0 Å². The molecule has 0 spiro atoms. The molecule has 6 nitrogen and oxygen atoms in total. The third kappa shape index (κ3) is 3.99. The molecule has 5 N–H and O–H groups in total. The lowest BCUT2D eigenvalue weighted by molar-refractivity contribution is -0.119. The van der Waals surface area contributed by atoms with Crippen LogP contribution in [0.5, 0.6) is 0 Å². The molecule has 1 aromatic carbocycles. The summed E-state index contributed by atoms with van der Waals surface area (Å²) in [6, 6.07) is 3.67. The minimum atomic E-state index is -4.01. The maximum absolute atomic E-state index is 13.6. The first-order chi connectivity index (χ1) is 9.09. The molecule has 20 heavy (non-hydrogen) atoms. The highest BCUT2D eigenvalue weighted by Crippen LogP contribution is 2.21. The quantitative estimate of drug-likeness (QED) is 0.697. The first-order valence-corrected chi connectivity index (χ1v) is 7.37. The van der Waals surface area contributed by atoms with Crippen molar-refractivity contribution in [2.24, 2.45) is 11.5 Å². The molecule has 0 unspecified atom stereocenters. The molecule has 0 saturated carbocycles. The van der Waals surface area contributed by atoms with Crippen LogP contribution < -0.4 is 16.2 Å². The van der Waals surface area contributed by atoms with Gasteiger partial charge in [0.2, 0.25) is 15.9 Å². The number of rotatable bonds is 6. The van der Waals surface area contributed by atoms with Crippen LogP contribution >= 0.6 is 0 Å². The zero-order valence-electron chi connectivity index (χ0n) is 11.3. The van der Waals surface area contributed by atoms with Gasteiger partial charge in [0.15, 0.2) is 0 Å². The predicted molar refractivity (Wildman–Crippen MR) is 72.5 cm³/mol. The number of nitrogens with two attached hydrogens (primary N) is 2. The van der Waals surface area contributed by atoms with E-state index in [-0.39, 0.29) is 23.4 Å². The van der Waals surface area contributed by atoms with Gasteiger partial charge in [0.25, 0.3) is 0 Å². The van der Waals surface area contributed by atoms with Crippen LogP contribution in [0.25, 0.3) is 0 Å². The van der Waals surface area contributed by atoms with Crippen molar-refractivity contribution in [2.45, 2.75) is 37.2 Å². The Morgan fingerprint density at radius 3 is 2.50 bits per heavy atom. The Labute approximate surface area is 117 Å². The molecule has 1 aromatic rings. The number of carbonyl (C=O) groups excluding carboxylic acids is 1. The fourth-order valence-corrected chi connectivity index (χ4v) is 3.55. The van der Waals surface area contributed by atoms with E-state index in [1.807, 2.05) is 0 Å². The Morgan fingerprint density at radius 2 is 2.00 bits per heavy atom. The van der Waals surface area contributed by atoms with Crippen molar-refractivity contribution in [3.63, 3.8) is 0 Å². The lowest BCUT2D eigenvalue weighted by Gasteiger charge is -2.25. The summed E-state index contributed by atoms with van der Waals surface area (Å²) in [7, 11) is -4.01. The van der Waals surface area contributed by atoms with E-state index in [2.05, 4.69) is 4.72 Å². The first-order valence-electron chi connectivity index (χ1n) is 5.89. The van der Waals surface area contributed by atoms with Gasteiger partial charge in [0.05, 0.1) is 4.90 Å². The highest BCUT2D eigenvalue weighted by Gasteiger charge is 2.29. The summed E-state index contributed by atoms with van der Waals surface area (Å²) in [5.74, 6) is -1.33. The third-order valence-electron chi connectivity index (χ3n) is 2.60. The van der Waals surface area contributed by atoms with E-state index >= 15 is 0 Å². The van der Waals surface area contributed by atoms with Crippen LogP contribution in [0.1, 0.15) is 25.8 Å². The molecular formula is C12H18FN3O3S. The van der Waals surface area contributed by atoms with Gasteiger partial charge in [-0.05, 0) is 26.0 Å². The molecule has 0 saturated heterocycles. The summed E-state index contributed by atoms with van der Waals surface area (Å²) < 4.78 is 40.5. The molecule has 0 radical (unpaired) electrons. The second-order valence-electron chi connectivity index (χ2n) is 5.05. The van der Waals surface area contributed by atoms with Gasteiger partial charge in [-0.25, -0.2) is 17.5 Å². The van der Waals surface area contributed by atoms with Crippen LogP contribution in [-0.2, 0) is 21.4 Å². The Hall–Kier alpha value is -1.51. The summed E-state index contributed by atoms with van der Waals surface area (Å²) in [5.41, 5.74) is 9.27. The van der Waals surface area contributed by atoms with E-state index in [9.17, 15) is 17.6 Å². The molecule has 0 bridgehead atoms. The van der Waals surface area contributed by atoms with E-state index in [0.717, 1.165) is 6.07 Å².